The normalized spacial score (nSPS) is 44.0. The number of fused-ring (bicyclic) bond motifs is 4. The Morgan fingerprint density at radius 1 is 1.09 bits per heavy atom. The summed E-state index contributed by atoms with van der Waals surface area (Å²) in [4.78, 5) is 25.3. The van der Waals surface area contributed by atoms with E-state index in [1.54, 1.807) is 6.92 Å². The highest BCUT2D eigenvalue weighted by atomic mass is 16.3. The molecule has 0 spiro atoms. The Balaban J connectivity index is 1.69. The monoisotopic (exact) mass is 442 g/mol. The van der Waals surface area contributed by atoms with Gasteiger partial charge in [-0.15, -0.1) is 0 Å². The molecule has 4 rings (SSSR count). The molecule has 180 valence electrons. The van der Waals surface area contributed by atoms with Crippen molar-refractivity contribution in [3.8, 4) is 0 Å². The smallest absolute Gasteiger partial charge is 0.159 e. The number of carbonyl (C=O) groups excluding carboxylic acids is 2. The first kappa shape index (κ1) is 24.2. The number of hydrogen-bond donors (Lipinski definition) is 1. The lowest BCUT2D eigenvalue weighted by atomic mass is 9.43. The molecule has 4 aliphatic carbocycles. The number of hydrogen-bond acceptors (Lipinski definition) is 3. The van der Waals surface area contributed by atoms with E-state index in [0.717, 1.165) is 38.5 Å². The fourth-order valence-corrected chi connectivity index (χ4v) is 9.18. The zero-order chi connectivity index (χ0) is 23.7. The van der Waals surface area contributed by atoms with Crippen molar-refractivity contribution in [2.45, 2.75) is 119 Å². The summed E-state index contributed by atoms with van der Waals surface area (Å²) in [5, 5.41) is 10.8. The van der Waals surface area contributed by atoms with E-state index in [2.05, 4.69) is 41.5 Å². The third kappa shape index (κ3) is 3.23. The largest absolute Gasteiger partial charge is 0.393 e. The summed E-state index contributed by atoms with van der Waals surface area (Å²) in [6, 6.07) is 0. The maximum absolute atomic E-state index is 13.9. The van der Waals surface area contributed by atoms with E-state index < -0.39 is 0 Å². The van der Waals surface area contributed by atoms with E-state index in [1.165, 1.54) is 24.0 Å². The summed E-state index contributed by atoms with van der Waals surface area (Å²) in [5.41, 5.74) is 2.61. The van der Waals surface area contributed by atoms with Gasteiger partial charge in [0.1, 0.15) is 5.78 Å². The van der Waals surface area contributed by atoms with Crippen LogP contribution in [-0.2, 0) is 9.59 Å². The molecular weight excluding hydrogens is 396 g/mol. The third-order valence-corrected chi connectivity index (χ3v) is 11.5. The lowest BCUT2D eigenvalue weighted by molar-refractivity contribution is -0.134. The molecule has 0 amide bonds. The number of Topliss-reactive ketones (excluding diaryl/α,β-unsaturated/α-hetero) is 2. The van der Waals surface area contributed by atoms with Gasteiger partial charge in [0.05, 0.1) is 6.10 Å². The Kier molecular flexibility index (Phi) is 5.88. The second-order valence-corrected chi connectivity index (χ2v) is 13.3. The van der Waals surface area contributed by atoms with Crippen LogP contribution in [0.15, 0.2) is 11.1 Å². The first-order chi connectivity index (χ1) is 14.8. The first-order valence-electron chi connectivity index (χ1n) is 13.2. The van der Waals surface area contributed by atoms with Crippen molar-refractivity contribution in [3.63, 3.8) is 0 Å². The van der Waals surface area contributed by atoms with E-state index >= 15 is 0 Å². The number of carbonyl (C=O) groups is 2. The molecule has 3 heteroatoms. The van der Waals surface area contributed by atoms with Gasteiger partial charge in [0, 0.05) is 23.8 Å². The SMILES string of the molecule is CC(=O)CCC[C@H](C)[C@@H]1CC[C@]2(C)C3=C(CC[C@@]12C)[C@@]1(C)CC[C@H](O)C(C)(C)[C@@H]1CC3=O. The summed E-state index contributed by atoms with van der Waals surface area (Å²) in [5.74, 6) is 2.12. The van der Waals surface area contributed by atoms with Crippen LogP contribution in [0.25, 0.3) is 0 Å². The van der Waals surface area contributed by atoms with Crippen LogP contribution in [0.4, 0.5) is 0 Å². The first-order valence-corrected chi connectivity index (χ1v) is 13.2. The fourth-order valence-electron chi connectivity index (χ4n) is 9.18. The molecular formula is C29H46O3. The van der Waals surface area contributed by atoms with Crippen molar-refractivity contribution in [3.05, 3.63) is 11.1 Å². The Morgan fingerprint density at radius 2 is 1.78 bits per heavy atom. The van der Waals surface area contributed by atoms with Crippen molar-refractivity contribution in [2.24, 2.45) is 39.4 Å². The third-order valence-electron chi connectivity index (χ3n) is 11.5. The molecule has 0 aromatic heterocycles. The molecule has 0 aromatic carbocycles. The fraction of sp³-hybridized carbons (Fsp3) is 0.862. The Labute approximate surface area is 195 Å². The van der Waals surface area contributed by atoms with E-state index in [-0.39, 0.29) is 33.7 Å². The van der Waals surface area contributed by atoms with E-state index in [9.17, 15) is 14.7 Å². The second kappa shape index (κ2) is 7.79. The van der Waals surface area contributed by atoms with Crippen molar-refractivity contribution >= 4 is 11.6 Å². The van der Waals surface area contributed by atoms with Gasteiger partial charge in [0.2, 0.25) is 0 Å². The number of rotatable bonds is 5. The molecule has 3 nitrogen and oxygen atoms in total. The van der Waals surface area contributed by atoms with Gasteiger partial charge in [-0.3, -0.25) is 4.79 Å². The number of allylic oxidation sites excluding steroid dienone is 2. The highest BCUT2D eigenvalue weighted by Crippen LogP contribution is 2.71. The number of aliphatic hydroxyl groups is 1. The predicted octanol–water partition coefficient (Wildman–Crippen LogP) is 6.67. The summed E-state index contributed by atoms with van der Waals surface area (Å²) < 4.78 is 0. The van der Waals surface area contributed by atoms with Gasteiger partial charge >= 0.3 is 0 Å². The van der Waals surface area contributed by atoms with Gasteiger partial charge < -0.3 is 9.90 Å². The number of ketones is 2. The van der Waals surface area contributed by atoms with Crippen molar-refractivity contribution < 1.29 is 14.7 Å². The zero-order valence-electron chi connectivity index (χ0n) is 21.6. The molecule has 4 aliphatic rings. The van der Waals surface area contributed by atoms with Crippen LogP contribution >= 0.6 is 0 Å². The summed E-state index contributed by atoms with van der Waals surface area (Å²) >= 11 is 0. The van der Waals surface area contributed by atoms with Gasteiger partial charge in [0.15, 0.2) is 5.78 Å². The molecule has 0 bridgehead atoms. The molecule has 2 saturated carbocycles. The minimum Gasteiger partial charge on any atom is -0.393 e. The topological polar surface area (TPSA) is 54.4 Å². The van der Waals surface area contributed by atoms with Crippen LogP contribution in [-0.4, -0.2) is 22.8 Å². The van der Waals surface area contributed by atoms with Crippen molar-refractivity contribution in [1.29, 1.82) is 0 Å². The molecule has 2 fully saturated rings. The van der Waals surface area contributed by atoms with Crippen LogP contribution < -0.4 is 0 Å². The van der Waals surface area contributed by atoms with Crippen molar-refractivity contribution in [2.75, 3.05) is 0 Å². The van der Waals surface area contributed by atoms with Gasteiger partial charge in [-0.2, -0.15) is 0 Å². The molecule has 1 N–H and O–H groups in total. The molecule has 0 aromatic rings. The Bertz CT molecular complexity index is 837. The average Bonchev–Trinajstić information content (AvgIpc) is 2.98. The Morgan fingerprint density at radius 3 is 2.44 bits per heavy atom. The van der Waals surface area contributed by atoms with E-state index in [1.807, 2.05) is 0 Å². The van der Waals surface area contributed by atoms with Gasteiger partial charge in [-0.1, -0.05) is 53.5 Å². The standard InChI is InChI=1S/C29H46O3/c1-18(9-8-10-19(2)30)20-11-16-29(7)25-21(12-15-28(20,29)6)27(5)14-13-24(32)26(3,4)23(27)17-22(25)31/h18,20,23-24,32H,8-17H2,1-7H3/t18-,20-,23-,24-,27+,28-,29+/m0/s1. The predicted molar refractivity (Wildman–Crippen MR) is 129 cm³/mol. The number of aliphatic hydroxyl groups excluding tert-OH is 1. The molecule has 0 unspecified atom stereocenters. The minimum absolute atomic E-state index is 0.0364. The zero-order valence-corrected chi connectivity index (χ0v) is 21.6. The summed E-state index contributed by atoms with van der Waals surface area (Å²) in [6.45, 7) is 15.7. The lowest BCUT2D eigenvalue weighted by Gasteiger charge is -2.61. The molecule has 0 saturated heterocycles. The molecule has 0 aliphatic heterocycles. The second-order valence-electron chi connectivity index (χ2n) is 13.3. The van der Waals surface area contributed by atoms with Crippen LogP contribution in [0, 0.1) is 39.4 Å². The maximum Gasteiger partial charge on any atom is 0.159 e. The van der Waals surface area contributed by atoms with E-state index in [4.69, 9.17) is 0 Å². The van der Waals surface area contributed by atoms with Gasteiger partial charge in [-0.25, -0.2) is 0 Å². The highest BCUT2D eigenvalue weighted by molar-refractivity contribution is 5.99. The highest BCUT2D eigenvalue weighted by Gasteiger charge is 2.65. The summed E-state index contributed by atoms with van der Waals surface area (Å²) in [6.07, 6.45) is 9.46. The Hall–Kier alpha value is -0.960. The quantitative estimate of drug-likeness (QED) is 0.517. The van der Waals surface area contributed by atoms with Gasteiger partial charge in [-0.05, 0) is 85.9 Å². The average molecular weight is 443 g/mol. The van der Waals surface area contributed by atoms with Crippen LogP contribution in [0.5, 0.6) is 0 Å². The van der Waals surface area contributed by atoms with Gasteiger partial charge in [0.25, 0.3) is 0 Å². The molecule has 0 radical (unpaired) electrons. The van der Waals surface area contributed by atoms with Crippen LogP contribution in [0.1, 0.15) is 113 Å². The molecule has 32 heavy (non-hydrogen) atoms. The van der Waals surface area contributed by atoms with E-state index in [0.29, 0.717) is 36.2 Å². The minimum atomic E-state index is -0.313. The van der Waals surface area contributed by atoms with Crippen LogP contribution in [0.2, 0.25) is 0 Å². The van der Waals surface area contributed by atoms with Crippen LogP contribution in [0.3, 0.4) is 0 Å². The summed E-state index contributed by atoms with van der Waals surface area (Å²) in [7, 11) is 0. The molecule has 7 atom stereocenters. The molecule has 0 heterocycles. The lowest BCUT2D eigenvalue weighted by Crippen LogP contribution is -2.57. The maximum atomic E-state index is 13.9. The van der Waals surface area contributed by atoms with Crippen molar-refractivity contribution in [1.82, 2.24) is 0 Å².